The molecule has 0 aliphatic heterocycles. The van der Waals surface area contributed by atoms with Crippen molar-refractivity contribution >= 4 is 17.3 Å². The molecule has 0 saturated carbocycles. The minimum atomic E-state index is -0.217. The standard InChI is InChI=1S/C16H17ClFNO/c1-11(9-12-3-5-13(18)6-4-12)19-16-10-14(20-2)7-8-15(16)17/h3-8,10-11,19H,9H2,1-2H3. The fourth-order valence-corrected chi connectivity index (χ4v) is 2.20. The first-order valence-electron chi connectivity index (χ1n) is 6.43. The normalized spacial score (nSPS) is 12.0. The molecule has 0 spiro atoms. The molecule has 2 aromatic rings. The maximum Gasteiger partial charge on any atom is 0.123 e. The lowest BCUT2D eigenvalue weighted by Crippen LogP contribution is -2.18. The van der Waals surface area contributed by atoms with Gasteiger partial charge in [0, 0.05) is 12.1 Å². The first-order valence-corrected chi connectivity index (χ1v) is 6.81. The van der Waals surface area contributed by atoms with E-state index in [9.17, 15) is 4.39 Å². The van der Waals surface area contributed by atoms with Crippen molar-refractivity contribution in [3.05, 3.63) is 58.9 Å². The Morgan fingerprint density at radius 1 is 1.20 bits per heavy atom. The van der Waals surface area contributed by atoms with Crippen LogP contribution in [-0.4, -0.2) is 13.2 Å². The number of halogens is 2. The lowest BCUT2D eigenvalue weighted by Gasteiger charge is -2.17. The van der Waals surface area contributed by atoms with E-state index >= 15 is 0 Å². The summed E-state index contributed by atoms with van der Waals surface area (Å²) in [7, 11) is 1.62. The molecule has 0 aliphatic carbocycles. The van der Waals surface area contributed by atoms with E-state index in [1.165, 1.54) is 12.1 Å². The van der Waals surface area contributed by atoms with Gasteiger partial charge in [0.05, 0.1) is 17.8 Å². The van der Waals surface area contributed by atoms with Crippen molar-refractivity contribution < 1.29 is 9.13 Å². The van der Waals surface area contributed by atoms with Crippen molar-refractivity contribution in [3.63, 3.8) is 0 Å². The number of hydrogen-bond donors (Lipinski definition) is 1. The molecular formula is C16H17ClFNO. The van der Waals surface area contributed by atoms with Crippen LogP contribution >= 0.6 is 11.6 Å². The molecule has 1 N–H and O–H groups in total. The SMILES string of the molecule is COc1ccc(Cl)c(NC(C)Cc2ccc(F)cc2)c1. The molecule has 20 heavy (non-hydrogen) atoms. The predicted molar refractivity (Wildman–Crippen MR) is 81.2 cm³/mol. The number of anilines is 1. The van der Waals surface area contributed by atoms with Gasteiger partial charge in [-0.2, -0.15) is 0 Å². The van der Waals surface area contributed by atoms with Gasteiger partial charge in [0.15, 0.2) is 0 Å². The summed E-state index contributed by atoms with van der Waals surface area (Å²) in [5.74, 6) is 0.538. The largest absolute Gasteiger partial charge is 0.497 e. The van der Waals surface area contributed by atoms with Gasteiger partial charge in [0.2, 0.25) is 0 Å². The second-order valence-corrected chi connectivity index (χ2v) is 5.13. The van der Waals surface area contributed by atoms with Crippen LogP contribution in [0.3, 0.4) is 0 Å². The van der Waals surface area contributed by atoms with Crippen LogP contribution in [0.4, 0.5) is 10.1 Å². The van der Waals surface area contributed by atoms with E-state index in [1.807, 2.05) is 12.1 Å². The monoisotopic (exact) mass is 293 g/mol. The van der Waals surface area contributed by atoms with E-state index in [1.54, 1.807) is 25.3 Å². The Kier molecular flexibility index (Phi) is 4.85. The van der Waals surface area contributed by atoms with Crippen molar-refractivity contribution in [3.8, 4) is 5.75 Å². The number of methoxy groups -OCH3 is 1. The summed E-state index contributed by atoms with van der Waals surface area (Å²) in [6.07, 6.45) is 0.786. The molecule has 0 aliphatic rings. The highest BCUT2D eigenvalue weighted by Gasteiger charge is 2.08. The van der Waals surface area contributed by atoms with Crippen LogP contribution < -0.4 is 10.1 Å². The first kappa shape index (κ1) is 14.7. The smallest absolute Gasteiger partial charge is 0.123 e. The summed E-state index contributed by atoms with van der Waals surface area (Å²) in [4.78, 5) is 0. The molecule has 1 atom stereocenters. The topological polar surface area (TPSA) is 21.3 Å². The molecule has 0 amide bonds. The average Bonchev–Trinajstić information content (AvgIpc) is 2.44. The number of ether oxygens (including phenoxy) is 1. The lowest BCUT2D eigenvalue weighted by atomic mass is 10.1. The first-order chi connectivity index (χ1) is 9.58. The Bertz CT molecular complexity index is 571. The minimum absolute atomic E-state index is 0.171. The van der Waals surface area contributed by atoms with Crippen LogP contribution in [0, 0.1) is 5.82 Å². The third-order valence-electron chi connectivity index (χ3n) is 3.03. The Balaban J connectivity index is 2.04. The summed E-state index contributed by atoms with van der Waals surface area (Å²) in [6, 6.07) is 12.2. The third-order valence-corrected chi connectivity index (χ3v) is 3.36. The maximum atomic E-state index is 12.9. The van der Waals surface area contributed by atoms with E-state index in [-0.39, 0.29) is 11.9 Å². The maximum absolute atomic E-state index is 12.9. The van der Waals surface area contributed by atoms with E-state index in [0.717, 1.165) is 23.4 Å². The summed E-state index contributed by atoms with van der Waals surface area (Å²) in [6.45, 7) is 2.05. The molecule has 2 rings (SSSR count). The quantitative estimate of drug-likeness (QED) is 0.874. The molecule has 0 bridgehead atoms. The fraction of sp³-hybridized carbons (Fsp3) is 0.250. The molecule has 4 heteroatoms. The van der Waals surface area contributed by atoms with Gasteiger partial charge in [-0.15, -0.1) is 0 Å². The Labute approximate surface area is 123 Å². The van der Waals surface area contributed by atoms with Crippen molar-refractivity contribution in [2.45, 2.75) is 19.4 Å². The number of nitrogens with one attached hydrogen (secondary N) is 1. The summed E-state index contributed by atoms with van der Waals surface area (Å²) in [5, 5.41) is 3.99. The zero-order valence-electron chi connectivity index (χ0n) is 11.5. The van der Waals surface area contributed by atoms with Crippen LogP contribution in [0.1, 0.15) is 12.5 Å². The highest BCUT2D eigenvalue weighted by Crippen LogP contribution is 2.27. The van der Waals surface area contributed by atoms with Crippen molar-refractivity contribution in [1.29, 1.82) is 0 Å². The third kappa shape index (κ3) is 3.87. The van der Waals surface area contributed by atoms with E-state index in [0.29, 0.717) is 5.02 Å². The predicted octanol–water partition coefficient (Wildman–Crippen LogP) is 4.53. The van der Waals surface area contributed by atoms with Crippen molar-refractivity contribution in [1.82, 2.24) is 0 Å². The summed E-state index contributed by atoms with van der Waals surface area (Å²) >= 11 is 6.15. The van der Waals surface area contributed by atoms with Crippen molar-refractivity contribution in [2.75, 3.05) is 12.4 Å². The average molecular weight is 294 g/mol. The van der Waals surface area contributed by atoms with E-state index < -0.39 is 0 Å². The van der Waals surface area contributed by atoms with Gasteiger partial charge in [0.1, 0.15) is 11.6 Å². The summed E-state index contributed by atoms with van der Waals surface area (Å²) in [5.41, 5.74) is 1.91. The van der Waals surface area contributed by atoms with Crippen LogP contribution in [0.25, 0.3) is 0 Å². The molecule has 2 nitrogen and oxygen atoms in total. The van der Waals surface area contributed by atoms with Gasteiger partial charge in [-0.25, -0.2) is 4.39 Å². The van der Waals surface area contributed by atoms with Gasteiger partial charge in [-0.3, -0.25) is 0 Å². The Morgan fingerprint density at radius 2 is 1.90 bits per heavy atom. The van der Waals surface area contributed by atoms with E-state index in [4.69, 9.17) is 16.3 Å². The molecule has 0 aromatic heterocycles. The van der Waals surface area contributed by atoms with Crippen LogP contribution in [0.2, 0.25) is 5.02 Å². The van der Waals surface area contributed by atoms with Gasteiger partial charge < -0.3 is 10.1 Å². The van der Waals surface area contributed by atoms with Crippen LogP contribution in [0.15, 0.2) is 42.5 Å². The van der Waals surface area contributed by atoms with Gasteiger partial charge >= 0.3 is 0 Å². The fourth-order valence-electron chi connectivity index (χ4n) is 2.03. The Morgan fingerprint density at radius 3 is 2.55 bits per heavy atom. The molecule has 0 saturated heterocycles. The van der Waals surface area contributed by atoms with Gasteiger partial charge in [0.25, 0.3) is 0 Å². The van der Waals surface area contributed by atoms with Gasteiger partial charge in [-0.05, 0) is 43.2 Å². The zero-order valence-corrected chi connectivity index (χ0v) is 12.2. The minimum Gasteiger partial charge on any atom is -0.497 e. The van der Waals surface area contributed by atoms with Crippen LogP contribution in [0.5, 0.6) is 5.75 Å². The van der Waals surface area contributed by atoms with E-state index in [2.05, 4.69) is 12.2 Å². The second-order valence-electron chi connectivity index (χ2n) is 4.72. The zero-order chi connectivity index (χ0) is 14.5. The molecule has 1 unspecified atom stereocenters. The van der Waals surface area contributed by atoms with Crippen LogP contribution in [-0.2, 0) is 6.42 Å². The van der Waals surface area contributed by atoms with Crippen molar-refractivity contribution in [2.24, 2.45) is 0 Å². The number of hydrogen-bond acceptors (Lipinski definition) is 2. The van der Waals surface area contributed by atoms with Gasteiger partial charge in [-0.1, -0.05) is 23.7 Å². The molecule has 0 heterocycles. The molecular weight excluding hydrogens is 277 g/mol. The lowest BCUT2D eigenvalue weighted by molar-refractivity contribution is 0.415. The highest BCUT2D eigenvalue weighted by atomic mass is 35.5. The second kappa shape index (κ2) is 6.62. The Hall–Kier alpha value is -1.74. The number of benzene rings is 2. The molecule has 0 radical (unpaired) electrons. The summed E-state index contributed by atoms with van der Waals surface area (Å²) < 4.78 is 18.0. The number of rotatable bonds is 5. The molecule has 0 fully saturated rings. The molecule has 106 valence electrons. The molecule has 2 aromatic carbocycles. The highest BCUT2D eigenvalue weighted by molar-refractivity contribution is 6.33.